The van der Waals surface area contributed by atoms with Crippen LogP contribution in [0.5, 0.6) is 0 Å². The van der Waals surface area contributed by atoms with Gasteiger partial charge in [0.1, 0.15) is 16.9 Å². The van der Waals surface area contributed by atoms with Crippen LogP contribution in [0.25, 0.3) is 22.2 Å². The van der Waals surface area contributed by atoms with Crippen LogP contribution in [-0.4, -0.2) is 147 Å². The topological polar surface area (TPSA) is 144 Å². The SMILES string of the molecule is O=C(c1ccc2nc(C3CCCCC3)oc2c1)N1CC(N2CCN(c3ccccn3)CC2)C1.O=C(c1ccc2nc(C3CCCCC3)oc2c1)N1CC(N2CCN(c3ncccn3)CC2)C1. The van der Waals surface area contributed by atoms with Crippen LogP contribution >= 0.6 is 0 Å². The highest BCUT2D eigenvalue weighted by atomic mass is 16.4. The molecule has 0 atom stereocenters. The van der Waals surface area contributed by atoms with Crippen molar-refractivity contribution in [1.82, 2.24) is 44.5 Å². The van der Waals surface area contributed by atoms with E-state index in [1.165, 1.54) is 38.5 Å². The summed E-state index contributed by atoms with van der Waals surface area (Å²) in [6, 6.07) is 20.2. The molecule has 2 aliphatic carbocycles. The van der Waals surface area contributed by atoms with Crippen molar-refractivity contribution in [2.75, 3.05) is 88.3 Å². The number of anilines is 2. The number of pyridine rings is 1. The Bertz CT molecular complexity index is 2400. The van der Waals surface area contributed by atoms with Gasteiger partial charge in [-0.1, -0.05) is 44.6 Å². The highest BCUT2D eigenvalue weighted by Crippen LogP contribution is 2.36. The molecule has 2 aromatic carbocycles. The molecule has 6 aliphatic rings. The van der Waals surface area contributed by atoms with Crippen LogP contribution in [0, 0.1) is 0 Å². The van der Waals surface area contributed by atoms with Crippen molar-refractivity contribution in [1.29, 1.82) is 0 Å². The van der Waals surface area contributed by atoms with E-state index in [-0.39, 0.29) is 11.8 Å². The van der Waals surface area contributed by atoms with Gasteiger partial charge in [-0.05, 0) is 80.3 Å². The summed E-state index contributed by atoms with van der Waals surface area (Å²) in [5, 5.41) is 0. The van der Waals surface area contributed by atoms with Crippen molar-refractivity contribution in [3.05, 3.63) is 102 Å². The van der Waals surface area contributed by atoms with Gasteiger partial charge in [0.25, 0.3) is 11.8 Å². The zero-order valence-corrected chi connectivity index (χ0v) is 37.9. The Morgan fingerprint density at radius 3 is 1.44 bits per heavy atom. The first-order valence-electron chi connectivity index (χ1n) is 24.5. The fourth-order valence-corrected chi connectivity index (χ4v) is 10.9. The van der Waals surface area contributed by atoms with Gasteiger partial charge in [-0.3, -0.25) is 19.4 Å². The summed E-state index contributed by atoms with van der Waals surface area (Å²) >= 11 is 0. The third kappa shape index (κ3) is 9.11. The molecule has 0 N–H and O–H groups in total. The van der Waals surface area contributed by atoms with Crippen LogP contribution in [0.1, 0.15) is 109 Å². The highest BCUT2D eigenvalue weighted by molar-refractivity contribution is 5.98. The Hall–Kier alpha value is -5.93. The van der Waals surface area contributed by atoms with Crippen LogP contribution in [0.3, 0.4) is 0 Å². The van der Waals surface area contributed by atoms with Gasteiger partial charge in [0.15, 0.2) is 22.9 Å². The molecule has 15 nitrogen and oxygen atoms in total. The monoisotopic (exact) mass is 891 g/mol. The first-order chi connectivity index (χ1) is 32.5. The van der Waals surface area contributed by atoms with Crippen molar-refractivity contribution < 1.29 is 18.4 Å². The lowest BCUT2D eigenvalue weighted by Crippen LogP contribution is -2.64. The molecule has 8 heterocycles. The van der Waals surface area contributed by atoms with E-state index in [9.17, 15) is 9.59 Å². The predicted octanol–water partition coefficient (Wildman–Crippen LogP) is 7.23. The molecule has 4 aromatic heterocycles. The Morgan fingerprint density at radius 2 is 0.970 bits per heavy atom. The molecule has 2 amide bonds. The summed E-state index contributed by atoms with van der Waals surface area (Å²) in [6.45, 7) is 10.9. The summed E-state index contributed by atoms with van der Waals surface area (Å²) < 4.78 is 12.2. The number of hydrogen-bond donors (Lipinski definition) is 0. The van der Waals surface area contributed by atoms with Crippen LogP contribution < -0.4 is 9.80 Å². The minimum Gasteiger partial charge on any atom is -0.440 e. The molecule has 15 heteroatoms. The van der Waals surface area contributed by atoms with E-state index >= 15 is 0 Å². The number of likely N-dealkylation sites (tertiary alicyclic amines) is 2. The molecule has 2 saturated carbocycles. The number of aromatic nitrogens is 5. The maximum atomic E-state index is 13.1. The third-order valence-electron chi connectivity index (χ3n) is 15.0. The molecule has 66 heavy (non-hydrogen) atoms. The maximum Gasteiger partial charge on any atom is 0.254 e. The lowest BCUT2D eigenvalue weighted by molar-refractivity contribution is 0.0243. The fourth-order valence-electron chi connectivity index (χ4n) is 10.9. The first-order valence-corrected chi connectivity index (χ1v) is 24.5. The maximum absolute atomic E-state index is 13.1. The number of oxazole rings is 2. The predicted molar refractivity (Wildman–Crippen MR) is 253 cm³/mol. The number of carbonyl (C=O) groups excluding carboxylic acids is 2. The molecule has 6 aromatic rings. The summed E-state index contributed by atoms with van der Waals surface area (Å²) in [5.41, 5.74) is 4.58. The Morgan fingerprint density at radius 1 is 0.500 bits per heavy atom. The average molecular weight is 892 g/mol. The van der Waals surface area contributed by atoms with Crippen LogP contribution in [0.15, 0.2) is 88.1 Å². The van der Waals surface area contributed by atoms with Gasteiger partial charge in [-0.15, -0.1) is 0 Å². The van der Waals surface area contributed by atoms with Crippen LogP contribution in [0.4, 0.5) is 11.8 Å². The van der Waals surface area contributed by atoms with E-state index in [0.717, 1.165) is 150 Å². The number of hydrogen-bond acceptors (Lipinski definition) is 13. The number of carbonyl (C=O) groups is 2. The minimum atomic E-state index is 0.0834. The number of piperazine rings is 2. The number of amides is 2. The van der Waals surface area contributed by atoms with Gasteiger partial charge in [0, 0.05) is 132 Å². The standard InChI is InChI=1S/C26H31N5O2.C25H30N6O2/c32-26(20-9-10-22-23(16-20)33-25(28-22)19-6-2-1-3-7-19)31-17-21(18-31)29-12-14-30(15-13-29)24-8-4-5-11-27-24;32-24(19-7-8-21-22(15-19)33-23(28-21)18-5-2-1-3-6-18)31-16-20(17-31)29-11-13-30(14-12-29)25-26-9-4-10-27-25/h4-5,8-11,16,19,21H,1-3,6-7,12-15,17-18H2;4,7-10,15,18,20H,1-3,5-6,11-14,16-17H2. The summed E-state index contributed by atoms with van der Waals surface area (Å²) in [6.07, 6.45) is 17.7. The second-order valence-electron chi connectivity index (χ2n) is 19.1. The molecule has 6 fully saturated rings. The summed E-state index contributed by atoms with van der Waals surface area (Å²) in [5.74, 6) is 4.58. The molecule has 0 unspecified atom stereocenters. The number of nitrogens with zero attached hydrogens (tertiary/aromatic N) is 11. The molecule has 0 radical (unpaired) electrons. The molecule has 0 spiro atoms. The first kappa shape index (κ1) is 42.7. The quantitative estimate of drug-likeness (QED) is 0.152. The Kier molecular flexibility index (Phi) is 12.4. The normalized spacial score (nSPS) is 20.8. The molecule has 344 valence electrons. The number of benzene rings is 2. The van der Waals surface area contributed by atoms with Gasteiger partial charge < -0.3 is 28.4 Å². The Balaban J connectivity index is 0.000000146. The van der Waals surface area contributed by atoms with Gasteiger partial charge in [-0.25, -0.2) is 24.9 Å². The van der Waals surface area contributed by atoms with E-state index in [2.05, 4.69) is 40.6 Å². The van der Waals surface area contributed by atoms with Crippen molar-refractivity contribution in [3.8, 4) is 0 Å². The zero-order valence-electron chi connectivity index (χ0n) is 37.9. The van der Waals surface area contributed by atoms with Crippen molar-refractivity contribution >= 4 is 45.8 Å². The molecule has 4 saturated heterocycles. The Labute approximate surface area is 386 Å². The fraction of sp³-hybridized carbons (Fsp3) is 0.510. The zero-order chi connectivity index (χ0) is 44.4. The van der Waals surface area contributed by atoms with Gasteiger partial charge >= 0.3 is 0 Å². The van der Waals surface area contributed by atoms with Gasteiger partial charge in [0.05, 0.1) is 0 Å². The van der Waals surface area contributed by atoms with E-state index in [4.69, 9.17) is 18.8 Å². The molecular formula is C51H61N11O4. The van der Waals surface area contributed by atoms with Crippen molar-refractivity contribution in [3.63, 3.8) is 0 Å². The average Bonchev–Trinajstić information content (AvgIpc) is 3.99. The summed E-state index contributed by atoms with van der Waals surface area (Å²) in [7, 11) is 0. The van der Waals surface area contributed by atoms with Gasteiger partial charge in [0.2, 0.25) is 5.95 Å². The van der Waals surface area contributed by atoms with E-state index < -0.39 is 0 Å². The van der Waals surface area contributed by atoms with E-state index in [0.29, 0.717) is 35.0 Å². The molecular weight excluding hydrogens is 831 g/mol. The van der Waals surface area contributed by atoms with Crippen LogP contribution in [0.2, 0.25) is 0 Å². The molecule has 0 bridgehead atoms. The second-order valence-corrected chi connectivity index (χ2v) is 19.1. The van der Waals surface area contributed by atoms with E-state index in [1.807, 2.05) is 70.6 Å². The lowest BCUT2D eigenvalue weighted by atomic mass is 9.89. The molecule has 4 aliphatic heterocycles. The lowest BCUT2D eigenvalue weighted by Gasteiger charge is -2.48. The van der Waals surface area contributed by atoms with Crippen LogP contribution in [-0.2, 0) is 0 Å². The second kappa shape index (κ2) is 19.1. The van der Waals surface area contributed by atoms with Gasteiger partial charge in [-0.2, -0.15) is 0 Å². The molecule has 12 rings (SSSR count). The largest absolute Gasteiger partial charge is 0.440 e. The van der Waals surface area contributed by atoms with Crippen molar-refractivity contribution in [2.45, 2.75) is 88.1 Å². The van der Waals surface area contributed by atoms with Crippen molar-refractivity contribution in [2.24, 2.45) is 0 Å². The number of fused-ring (bicyclic) bond motifs is 2. The van der Waals surface area contributed by atoms with E-state index in [1.54, 1.807) is 12.4 Å². The minimum absolute atomic E-state index is 0.0834. The summed E-state index contributed by atoms with van der Waals surface area (Å²) in [4.78, 5) is 62.2. The number of rotatable bonds is 8. The highest BCUT2D eigenvalue weighted by Gasteiger charge is 2.38. The smallest absolute Gasteiger partial charge is 0.254 e. The third-order valence-corrected chi connectivity index (χ3v) is 15.0.